The van der Waals surface area contributed by atoms with E-state index in [2.05, 4.69) is 10.2 Å². The molecule has 0 saturated carbocycles. The smallest absolute Gasteiger partial charge is 0.228 e. The summed E-state index contributed by atoms with van der Waals surface area (Å²) in [5.74, 6) is -0.751. The predicted molar refractivity (Wildman–Crippen MR) is 77.4 cm³/mol. The fourth-order valence-corrected chi connectivity index (χ4v) is 4.01. The fourth-order valence-electron chi connectivity index (χ4n) is 4.01. The van der Waals surface area contributed by atoms with E-state index >= 15 is 0 Å². The van der Waals surface area contributed by atoms with E-state index in [0.717, 1.165) is 26.2 Å². The van der Waals surface area contributed by atoms with Crippen LogP contribution in [0.2, 0.25) is 0 Å². The van der Waals surface area contributed by atoms with E-state index in [9.17, 15) is 14.7 Å². The van der Waals surface area contributed by atoms with Crippen LogP contribution < -0.4 is 5.32 Å². The zero-order valence-electron chi connectivity index (χ0n) is 12.8. The van der Waals surface area contributed by atoms with Gasteiger partial charge in [0.2, 0.25) is 11.8 Å². The Balaban J connectivity index is 1.61. The third-order valence-corrected chi connectivity index (χ3v) is 5.35. The topological polar surface area (TPSA) is 72.9 Å². The maximum absolute atomic E-state index is 12.7. The lowest BCUT2D eigenvalue weighted by Crippen LogP contribution is -2.67. The van der Waals surface area contributed by atoms with E-state index in [0.29, 0.717) is 6.04 Å². The van der Waals surface area contributed by atoms with Crippen LogP contribution in [0.3, 0.4) is 0 Å². The maximum atomic E-state index is 12.7. The summed E-state index contributed by atoms with van der Waals surface area (Å²) in [4.78, 5) is 28.6. The average Bonchev–Trinajstić information content (AvgIpc) is 2.89. The van der Waals surface area contributed by atoms with Gasteiger partial charge in [-0.15, -0.1) is 0 Å². The van der Waals surface area contributed by atoms with Crippen molar-refractivity contribution in [3.05, 3.63) is 0 Å². The minimum absolute atomic E-state index is 0.109. The number of rotatable bonds is 3. The molecule has 2 N–H and O–H groups in total. The molecule has 3 aliphatic heterocycles. The van der Waals surface area contributed by atoms with Gasteiger partial charge in [-0.2, -0.15) is 0 Å². The fraction of sp³-hybridized carbons (Fsp3) is 0.867. The monoisotopic (exact) mass is 295 g/mol. The summed E-state index contributed by atoms with van der Waals surface area (Å²) in [5, 5.41) is 12.5. The van der Waals surface area contributed by atoms with Crippen LogP contribution in [-0.4, -0.2) is 71.1 Å². The van der Waals surface area contributed by atoms with E-state index in [1.807, 2.05) is 11.8 Å². The van der Waals surface area contributed by atoms with E-state index in [1.54, 1.807) is 6.92 Å². The number of β-lactam (4-membered cyclic amide) rings is 1. The first-order valence-electron chi connectivity index (χ1n) is 8.00. The summed E-state index contributed by atoms with van der Waals surface area (Å²) in [7, 11) is 0. The predicted octanol–water partition coefficient (Wildman–Crippen LogP) is -0.575. The molecule has 3 saturated heterocycles. The average molecular weight is 295 g/mol. The summed E-state index contributed by atoms with van der Waals surface area (Å²) < 4.78 is 0. The molecule has 0 bridgehead atoms. The molecule has 2 amide bonds. The van der Waals surface area contributed by atoms with Gasteiger partial charge in [0.1, 0.15) is 0 Å². The van der Waals surface area contributed by atoms with Gasteiger partial charge in [-0.1, -0.05) is 6.92 Å². The number of piperazine rings is 1. The zero-order valence-corrected chi connectivity index (χ0v) is 12.8. The number of hydrogen-bond acceptors (Lipinski definition) is 4. The molecule has 3 heterocycles. The van der Waals surface area contributed by atoms with Crippen LogP contribution in [-0.2, 0) is 9.59 Å². The van der Waals surface area contributed by atoms with Crippen molar-refractivity contribution in [3.63, 3.8) is 0 Å². The standard InChI is InChI=1S/C15H25N3O3/c1-9(13-12(10(2)19)14(20)16-13)15(21)18-7-6-17-5-3-4-11(17)8-18/h9-13,19H,3-8H2,1-2H3,(H,16,20)/t9?,10?,11?,12-,13-/m1/s1. The lowest BCUT2D eigenvalue weighted by molar-refractivity contribution is -0.149. The second-order valence-corrected chi connectivity index (χ2v) is 6.71. The second kappa shape index (κ2) is 5.57. The highest BCUT2D eigenvalue weighted by Gasteiger charge is 2.48. The van der Waals surface area contributed by atoms with Crippen LogP contribution in [0, 0.1) is 11.8 Å². The molecule has 3 unspecified atom stereocenters. The highest BCUT2D eigenvalue weighted by atomic mass is 16.3. The van der Waals surface area contributed by atoms with Crippen molar-refractivity contribution in [2.45, 2.75) is 44.9 Å². The van der Waals surface area contributed by atoms with Crippen molar-refractivity contribution in [2.75, 3.05) is 26.2 Å². The molecule has 21 heavy (non-hydrogen) atoms. The number of nitrogens with one attached hydrogen (secondary N) is 1. The van der Waals surface area contributed by atoms with Gasteiger partial charge in [0.05, 0.1) is 24.0 Å². The summed E-state index contributed by atoms with van der Waals surface area (Å²) in [6.07, 6.45) is 1.70. The normalized spacial score (nSPS) is 35.7. The van der Waals surface area contributed by atoms with Crippen LogP contribution in [0.4, 0.5) is 0 Å². The zero-order chi connectivity index (χ0) is 15.1. The number of aliphatic hydroxyl groups excluding tert-OH is 1. The van der Waals surface area contributed by atoms with Crippen molar-refractivity contribution in [2.24, 2.45) is 11.8 Å². The Morgan fingerprint density at radius 3 is 2.76 bits per heavy atom. The van der Waals surface area contributed by atoms with Crippen LogP contribution in [0.25, 0.3) is 0 Å². The molecular formula is C15H25N3O3. The summed E-state index contributed by atoms with van der Waals surface area (Å²) >= 11 is 0. The van der Waals surface area contributed by atoms with Crippen molar-refractivity contribution >= 4 is 11.8 Å². The molecule has 0 aromatic rings. The van der Waals surface area contributed by atoms with Gasteiger partial charge in [0, 0.05) is 25.7 Å². The first kappa shape index (κ1) is 14.8. The second-order valence-electron chi connectivity index (χ2n) is 6.71. The highest BCUT2D eigenvalue weighted by molar-refractivity contribution is 5.90. The number of hydrogen-bond donors (Lipinski definition) is 2. The molecule has 0 spiro atoms. The largest absolute Gasteiger partial charge is 0.393 e. The molecule has 0 aromatic heterocycles. The molecule has 3 fully saturated rings. The van der Waals surface area contributed by atoms with E-state index < -0.39 is 12.0 Å². The number of nitrogens with zero attached hydrogens (tertiary/aromatic N) is 2. The van der Waals surface area contributed by atoms with Gasteiger partial charge in [-0.05, 0) is 26.3 Å². The van der Waals surface area contributed by atoms with Crippen molar-refractivity contribution < 1.29 is 14.7 Å². The third-order valence-electron chi connectivity index (χ3n) is 5.35. The lowest BCUT2D eigenvalue weighted by atomic mass is 9.78. The summed E-state index contributed by atoms with van der Waals surface area (Å²) in [5.41, 5.74) is 0. The number of aliphatic hydroxyl groups is 1. The Morgan fingerprint density at radius 2 is 2.10 bits per heavy atom. The Kier molecular flexibility index (Phi) is 3.92. The minimum Gasteiger partial charge on any atom is -0.393 e. The maximum Gasteiger partial charge on any atom is 0.228 e. The molecule has 5 atom stereocenters. The Morgan fingerprint density at radius 1 is 1.33 bits per heavy atom. The number of amides is 2. The quantitative estimate of drug-likeness (QED) is 0.684. The third kappa shape index (κ3) is 2.55. The molecule has 0 aromatic carbocycles. The summed E-state index contributed by atoms with van der Waals surface area (Å²) in [6.45, 7) is 7.18. The van der Waals surface area contributed by atoms with Crippen LogP contribution in [0.5, 0.6) is 0 Å². The molecule has 0 radical (unpaired) electrons. The molecule has 3 rings (SSSR count). The Hall–Kier alpha value is -1.14. The molecule has 3 aliphatic rings. The lowest BCUT2D eigenvalue weighted by Gasteiger charge is -2.44. The van der Waals surface area contributed by atoms with Gasteiger partial charge in [0.25, 0.3) is 0 Å². The molecule has 118 valence electrons. The molecular weight excluding hydrogens is 270 g/mol. The van der Waals surface area contributed by atoms with Gasteiger partial charge in [0.15, 0.2) is 0 Å². The molecule has 0 aliphatic carbocycles. The van der Waals surface area contributed by atoms with Crippen LogP contribution >= 0.6 is 0 Å². The van der Waals surface area contributed by atoms with Crippen LogP contribution in [0.1, 0.15) is 26.7 Å². The van der Waals surface area contributed by atoms with Crippen molar-refractivity contribution in [1.82, 2.24) is 15.1 Å². The van der Waals surface area contributed by atoms with Gasteiger partial charge < -0.3 is 15.3 Å². The Bertz CT molecular complexity index is 440. The van der Waals surface area contributed by atoms with E-state index in [-0.39, 0.29) is 23.8 Å². The molecule has 6 nitrogen and oxygen atoms in total. The summed E-state index contributed by atoms with van der Waals surface area (Å²) in [6, 6.07) is 0.282. The minimum atomic E-state index is -0.703. The van der Waals surface area contributed by atoms with Crippen molar-refractivity contribution in [1.29, 1.82) is 0 Å². The number of fused-ring (bicyclic) bond motifs is 1. The Labute approximate surface area is 125 Å². The van der Waals surface area contributed by atoms with Gasteiger partial charge in [-0.25, -0.2) is 0 Å². The van der Waals surface area contributed by atoms with Crippen molar-refractivity contribution in [3.8, 4) is 0 Å². The number of carbonyl (C=O) groups is 2. The molecule has 6 heteroatoms. The first-order chi connectivity index (χ1) is 9.99. The van der Waals surface area contributed by atoms with Gasteiger partial charge in [-0.3, -0.25) is 14.5 Å². The number of carbonyl (C=O) groups excluding carboxylic acids is 2. The van der Waals surface area contributed by atoms with Crippen LogP contribution in [0.15, 0.2) is 0 Å². The highest BCUT2D eigenvalue weighted by Crippen LogP contribution is 2.28. The van der Waals surface area contributed by atoms with E-state index in [4.69, 9.17) is 0 Å². The first-order valence-corrected chi connectivity index (χ1v) is 8.00. The van der Waals surface area contributed by atoms with E-state index in [1.165, 1.54) is 12.8 Å². The SMILES string of the molecule is CC(C(=O)N1CCN2CCCC2C1)[C@H]1NC(=O)[C@@H]1C(C)O. The van der Waals surface area contributed by atoms with Gasteiger partial charge >= 0.3 is 0 Å².